The van der Waals surface area contributed by atoms with Crippen LogP contribution in [0.1, 0.15) is 40.5 Å². The summed E-state index contributed by atoms with van der Waals surface area (Å²) in [5, 5.41) is 6.02. The number of unbranched alkanes of at least 4 members (excludes halogenated alkanes) is 1. The molecular weight excluding hydrogens is 252 g/mol. The maximum Gasteiger partial charge on any atom is 0.238 e. The van der Waals surface area contributed by atoms with Crippen molar-refractivity contribution >= 4 is 11.6 Å². The molecule has 0 atom stereocenters. The number of carbonyl (C=O) groups is 1. The minimum absolute atomic E-state index is 0.0503. The lowest BCUT2D eigenvalue weighted by Gasteiger charge is -2.20. The van der Waals surface area contributed by atoms with E-state index in [-0.39, 0.29) is 11.4 Å². The van der Waals surface area contributed by atoms with Gasteiger partial charge in [0, 0.05) is 17.3 Å². The molecule has 1 aromatic carbocycles. The molecule has 0 aliphatic heterocycles. The number of amides is 1. The first-order chi connectivity index (χ1) is 9.40. The summed E-state index contributed by atoms with van der Waals surface area (Å²) in [5.41, 5.74) is 0.697. The summed E-state index contributed by atoms with van der Waals surface area (Å²) in [5.74, 6) is 0.741. The minimum atomic E-state index is -0.0670. The molecule has 20 heavy (non-hydrogen) atoms. The molecule has 0 heterocycles. The van der Waals surface area contributed by atoms with Crippen LogP contribution >= 0.6 is 0 Å². The molecule has 1 amide bonds. The van der Waals surface area contributed by atoms with E-state index in [0.717, 1.165) is 24.3 Å². The summed E-state index contributed by atoms with van der Waals surface area (Å²) >= 11 is 0. The molecule has 4 heteroatoms. The summed E-state index contributed by atoms with van der Waals surface area (Å²) in [4.78, 5) is 11.8. The SMILES string of the molecule is CCCCOc1cccc(NC(=O)CNC(C)(C)C)c1. The smallest absolute Gasteiger partial charge is 0.238 e. The van der Waals surface area contributed by atoms with Gasteiger partial charge in [-0.25, -0.2) is 0 Å². The maximum absolute atomic E-state index is 11.8. The minimum Gasteiger partial charge on any atom is -0.494 e. The zero-order valence-corrected chi connectivity index (χ0v) is 13.0. The first kappa shape index (κ1) is 16.5. The van der Waals surface area contributed by atoms with Crippen molar-refractivity contribution in [1.29, 1.82) is 0 Å². The normalized spacial score (nSPS) is 11.2. The molecule has 0 unspecified atom stereocenters. The highest BCUT2D eigenvalue weighted by Crippen LogP contribution is 2.17. The first-order valence-corrected chi connectivity index (χ1v) is 7.18. The highest BCUT2D eigenvalue weighted by Gasteiger charge is 2.11. The van der Waals surface area contributed by atoms with Gasteiger partial charge in [-0.2, -0.15) is 0 Å². The van der Waals surface area contributed by atoms with Crippen molar-refractivity contribution in [3.63, 3.8) is 0 Å². The Morgan fingerprint density at radius 1 is 1.30 bits per heavy atom. The van der Waals surface area contributed by atoms with E-state index < -0.39 is 0 Å². The topological polar surface area (TPSA) is 50.4 Å². The standard InChI is InChI=1S/C16H26N2O2/c1-5-6-10-20-14-9-7-8-13(11-14)18-15(19)12-17-16(2,3)4/h7-9,11,17H,5-6,10,12H2,1-4H3,(H,18,19). The highest BCUT2D eigenvalue weighted by atomic mass is 16.5. The van der Waals surface area contributed by atoms with Crippen molar-refractivity contribution in [2.24, 2.45) is 0 Å². The van der Waals surface area contributed by atoms with Gasteiger partial charge in [0.1, 0.15) is 5.75 Å². The largest absolute Gasteiger partial charge is 0.494 e. The molecule has 0 aliphatic carbocycles. The van der Waals surface area contributed by atoms with Crippen molar-refractivity contribution in [3.8, 4) is 5.75 Å². The average Bonchev–Trinajstić information content (AvgIpc) is 2.36. The fourth-order valence-electron chi connectivity index (χ4n) is 1.55. The van der Waals surface area contributed by atoms with E-state index in [2.05, 4.69) is 17.6 Å². The third-order valence-electron chi connectivity index (χ3n) is 2.66. The summed E-state index contributed by atoms with van der Waals surface area (Å²) in [6, 6.07) is 7.50. The van der Waals surface area contributed by atoms with Crippen molar-refractivity contribution in [2.45, 2.75) is 46.1 Å². The van der Waals surface area contributed by atoms with E-state index in [1.807, 2.05) is 45.0 Å². The van der Waals surface area contributed by atoms with Crippen LogP contribution in [0.4, 0.5) is 5.69 Å². The lowest BCUT2D eigenvalue weighted by atomic mass is 10.1. The predicted molar refractivity (Wildman–Crippen MR) is 83.2 cm³/mol. The van der Waals surface area contributed by atoms with E-state index in [4.69, 9.17) is 4.74 Å². The predicted octanol–water partition coefficient (Wildman–Crippen LogP) is 3.19. The summed E-state index contributed by atoms with van der Waals surface area (Å²) in [7, 11) is 0. The number of rotatable bonds is 7. The van der Waals surface area contributed by atoms with Gasteiger partial charge >= 0.3 is 0 Å². The van der Waals surface area contributed by atoms with Crippen LogP contribution in [0.15, 0.2) is 24.3 Å². The molecule has 112 valence electrons. The Morgan fingerprint density at radius 2 is 2.05 bits per heavy atom. The Labute approximate surface area is 121 Å². The Balaban J connectivity index is 2.46. The number of hydrogen-bond donors (Lipinski definition) is 2. The first-order valence-electron chi connectivity index (χ1n) is 7.18. The van der Waals surface area contributed by atoms with Crippen LogP contribution in [0.3, 0.4) is 0 Å². The molecule has 0 aliphatic rings. The van der Waals surface area contributed by atoms with Crippen LogP contribution in [0.5, 0.6) is 5.75 Å². The van der Waals surface area contributed by atoms with Crippen molar-refractivity contribution in [3.05, 3.63) is 24.3 Å². The fraction of sp³-hybridized carbons (Fsp3) is 0.562. The number of carbonyl (C=O) groups excluding carboxylic acids is 1. The zero-order chi connectivity index (χ0) is 15.0. The van der Waals surface area contributed by atoms with Crippen LogP contribution in [0, 0.1) is 0 Å². The number of anilines is 1. The van der Waals surface area contributed by atoms with Gasteiger partial charge in [0.15, 0.2) is 0 Å². The fourth-order valence-corrected chi connectivity index (χ4v) is 1.55. The molecular formula is C16H26N2O2. The van der Waals surface area contributed by atoms with Crippen LogP contribution in [-0.4, -0.2) is 24.6 Å². The van der Waals surface area contributed by atoms with Gasteiger partial charge in [-0.1, -0.05) is 19.4 Å². The van der Waals surface area contributed by atoms with E-state index >= 15 is 0 Å². The molecule has 0 fully saturated rings. The monoisotopic (exact) mass is 278 g/mol. The molecule has 0 bridgehead atoms. The molecule has 1 aromatic rings. The van der Waals surface area contributed by atoms with E-state index in [9.17, 15) is 4.79 Å². The average molecular weight is 278 g/mol. The number of benzene rings is 1. The highest BCUT2D eigenvalue weighted by molar-refractivity contribution is 5.92. The van der Waals surface area contributed by atoms with Crippen LogP contribution in [-0.2, 0) is 4.79 Å². The molecule has 1 rings (SSSR count). The molecule has 0 saturated carbocycles. The third kappa shape index (κ3) is 7.14. The van der Waals surface area contributed by atoms with Crippen molar-refractivity contribution in [2.75, 3.05) is 18.5 Å². The second-order valence-electron chi connectivity index (χ2n) is 5.88. The summed E-state index contributed by atoms with van der Waals surface area (Å²) in [6.45, 7) is 9.22. The van der Waals surface area contributed by atoms with Gasteiger partial charge in [-0.15, -0.1) is 0 Å². The van der Waals surface area contributed by atoms with Crippen molar-refractivity contribution < 1.29 is 9.53 Å². The summed E-state index contributed by atoms with van der Waals surface area (Å²) in [6.07, 6.45) is 2.14. The van der Waals surface area contributed by atoms with Gasteiger partial charge in [0.25, 0.3) is 0 Å². The van der Waals surface area contributed by atoms with E-state index in [0.29, 0.717) is 13.2 Å². The number of ether oxygens (including phenoxy) is 1. The quantitative estimate of drug-likeness (QED) is 0.753. The lowest BCUT2D eigenvalue weighted by molar-refractivity contribution is -0.115. The van der Waals surface area contributed by atoms with Gasteiger partial charge in [0.05, 0.1) is 13.2 Å². The van der Waals surface area contributed by atoms with Crippen LogP contribution < -0.4 is 15.4 Å². The second-order valence-corrected chi connectivity index (χ2v) is 5.88. The second kappa shape index (κ2) is 7.90. The summed E-state index contributed by atoms with van der Waals surface area (Å²) < 4.78 is 5.62. The molecule has 0 aromatic heterocycles. The lowest BCUT2D eigenvalue weighted by Crippen LogP contribution is -2.41. The Morgan fingerprint density at radius 3 is 2.70 bits per heavy atom. The Hall–Kier alpha value is -1.55. The molecule has 2 N–H and O–H groups in total. The van der Waals surface area contributed by atoms with E-state index in [1.54, 1.807) is 0 Å². The molecule has 4 nitrogen and oxygen atoms in total. The third-order valence-corrected chi connectivity index (χ3v) is 2.66. The van der Waals surface area contributed by atoms with Crippen LogP contribution in [0.2, 0.25) is 0 Å². The Bertz CT molecular complexity index is 425. The molecule has 0 spiro atoms. The van der Waals surface area contributed by atoms with Gasteiger partial charge in [-0.3, -0.25) is 4.79 Å². The van der Waals surface area contributed by atoms with Crippen molar-refractivity contribution in [1.82, 2.24) is 5.32 Å². The van der Waals surface area contributed by atoms with Crippen LogP contribution in [0.25, 0.3) is 0 Å². The number of hydrogen-bond acceptors (Lipinski definition) is 3. The van der Waals surface area contributed by atoms with E-state index in [1.165, 1.54) is 0 Å². The Kier molecular flexibility index (Phi) is 6.52. The molecule has 0 saturated heterocycles. The number of nitrogens with one attached hydrogen (secondary N) is 2. The van der Waals surface area contributed by atoms with Gasteiger partial charge in [0.2, 0.25) is 5.91 Å². The zero-order valence-electron chi connectivity index (χ0n) is 13.0. The molecule has 0 radical (unpaired) electrons. The maximum atomic E-state index is 11.8. The van der Waals surface area contributed by atoms with Gasteiger partial charge in [-0.05, 0) is 39.3 Å². The van der Waals surface area contributed by atoms with Gasteiger partial charge < -0.3 is 15.4 Å².